The summed E-state index contributed by atoms with van der Waals surface area (Å²) in [5.74, 6) is -0.209. The molecule has 0 aliphatic carbocycles. The lowest BCUT2D eigenvalue weighted by atomic mass is 10.3. The molecule has 2 aromatic rings. The summed E-state index contributed by atoms with van der Waals surface area (Å²) in [6.07, 6.45) is 4.37. The van der Waals surface area contributed by atoms with Crippen molar-refractivity contribution in [1.82, 2.24) is 0 Å². The summed E-state index contributed by atoms with van der Waals surface area (Å²) in [7, 11) is -3.88. The number of nitrogens with zero attached hydrogens (tertiary/aromatic N) is 1. The molecule has 19 heavy (non-hydrogen) atoms. The van der Waals surface area contributed by atoms with Crippen LogP contribution < -0.4 is 4.57 Å². The SMILES string of the molecule is C/C=C/c1sc2ccccc2[n+]1CCCS(=O)(=O)O. The maximum absolute atomic E-state index is 10.8. The monoisotopic (exact) mass is 298 g/mol. The molecule has 0 aliphatic rings. The fraction of sp³-hybridized carbons (Fsp3) is 0.308. The van der Waals surface area contributed by atoms with E-state index in [9.17, 15) is 8.42 Å². The number of aryl methyl sites for hydroxylation is 1. The van der Waals surface area contributed by atoms with Gasteiger partial charge in [-0.25, -0.2) is 0 Å². The van der Waals surface area contributed by atoms with E-state index in [0.29, 0.717) is 13.0 Å². The van der Waals surface area contributed by atoms with Gasteiger partial charge in [-0.15, -0.1) is 0 Å². The van der Waals surface area contributed by atoms with E-state index in [1.165, 1.54) is 4.70 Å². The molecule has 1 aromatic carbocycles. The van der Waals surface area contributed by atoms with Crippen LogP contribution in [0.1, 0.15) is 18.4 Å². The van der Waals surface area contributed by atoms with Crippen LogP contribution in [0.2, 0.25) is 0 Å². The molecular weight excluding hydrogens is 282 g/mol. The number of thiazole rings is 1. The molecule has 1 aromatic heterocycles. The molecule has 0 saturated heterocycles. The number of allylic oxidation sites excluding steroid dienone is 1. The summed E-state index contributed by atoms with van der Waals surface area (Å²) in [6, 6.07) is 8.02. The molecule has 0 spiro atoms. The highest BCUT2D eigenvalue weighted by Crippen LogP contribution is 2.21. The Morgan fingerprint density at radius 1 is 1.37 bits per heavy atom. The third-order valence-electron chi connectivity index (χ3n) is 2.73. The number of para-hydroxylation sites is 1. The van der Waals surface area contributed by atoms with Crippen LogP contribution in [-0.4, -0.2) is 18.7 Å². The zero-order valence-electron chi connectivity index (χ0n) is 10.6. The molecule has 0 bridgehead atoms. The normalized spacial score (nSPS) is 12.5. The molecule has 1 N–H and O–H groups in total. The Balaban J connectivity index is 2.31. The van der Waals surface area contributed by atoms with Gasteiger partial charge in [0, 0.05) is 18.6 Å². The second-order valence-corrected chi connectivity index (χ2v) is 6.83. The average molecular weight is 298 g/mol. The Labute approximate surface area is 116 Å². The molecule has 0 fully saturated rings. The van der Waals surface area contributed by atoms with Crippen molar-refractivity contribution in [3.05, 3.63) is 35.3 Å². The molecular formula is C13H16NO3S2+. The van der Waals surface area contributed by atoms with E-state index in [0.717, 1.165) is 10.5 Å². The van der Waals surface area contributed by atoms with Crippen molar-refractivity contribution >= 4 is 37.7 Å². The number of benzene rings is 1. The molecule has 6 heteroatoms. The van der Waals surface area contributed by atoms with Gasteiger partial charge in [0.1, 0.15) is 4.70 Å². The summed E-state index contributed by atoms with van der Waals surface area (Å²) in [6.45, 7) is 2.52. The van der Waals surface area contributed by atoms with E-state index >= 15 is 0 Å². The number of aromatic nitrogens is 1. The third-order valence-corrected chi connectivity index (χ3v) is 4.67. The third kappa shape index (κ3) is 3.62. The first kappa shape index (κ1) is 14.2. The second-order valence-electron chi connectivity index (χ2n) is 4.20. The highest BCUT2D eigenvalue weighted by molar-refractivity contribution is 7.85. The molecule has 0 aliphatic heterocycles. The van der Waals surface area contributed by atoms with Gasteiger partial charge in [0.25, 0.3) is 15.1 Å². The van der Waals surface area contributed by atoms with Gasteiger partial charge in [0.15, 0.2) is 6.54 Å². The molecule has 0 saturated carbocycles. The van der Waals surface area contributed by atoms with Crippen LogP contribution in [0.25, 0.3) is 16.3 Å². The Bertz CT molecular complexity index is 702. The van der Waals surface area contributed by atoms with Crippen LogP contribution in [0.15, 0.2) is 30.3 Å². The summed E-state index contributed by atoms with van der Waals surface area (Å²) < 4.78 is 33.6. The second kappa shape index (κ2) is 5.81. The Hall–Kier alpha value is -1.24. The van der Waals surface area contributed by atoms with Gasteiger partial charge in [0.05, 0.1) is 5.75 Å². The van der Waals surface area contributed by atoms with Crippen LogP contribution in [0.5, 0.6) is 0 Å². The Morgan fingerprint density at radius 2 is 2.11 bits per heavy atom. The van der Waals surface area contributed by atoms with E-state index in [2.05, 4.69) is 4.57 Å². The van der Waals surface area contributed by atoms with Crippen LogP contribution >= 0.6 is 11.3 Å². The number of hydrogen-bond acceptors (Lipinski definition) is 3. The van der Waals surface area contributed by atoms with Crippen LogP contribution in [-0.2, 0) is 16.7 Å². The van der Waals surface area contributed by atoms with Gasteiger partial charge in [-0.2, -0.15) is 13.0 Å². The first-order valence-corrected chi connectivity index (χ1v) is 8.43. The lowest BCUT2D eigenvalue weighted by Crippen LogP contribution is -2.35. The molecule has 102 valence electrons. The molecule has 1 heterocycles. The lowest BCUT2D eigenvalue weighted by Gasteiger charge is -1.97. The van der Waals surface area contributed by atoms with Crippen molar-refractivity contribution in [2.24, 2.45) is 0 Å². The van der Waals surface area contributed by atoms with Crippen LogP contribution in [0.4, 0.5) is 0 Å². The molecule has 2 rings (SSSR count). The van der Waals surface area contributed by atoms with Crippen molar-refractivity contribution in [3.63, 3.8) is 0 Å². The number of rotatable bonds is 5. The summed E-state index contributed by atoms with van der Waals surface area (Å²) in [5, 5.41) is 1.08. The van der Waals surface area contributed by atoms with Gasteiger partial charge in [-0.3, -0.25) is 4.55 Å². The summed E-state index contributed by atoms with van der Waals surface area (Å²) >= 11 is 1.67. The zero-order valence-corrected chi connectivity index (χ0v) is 12.2. The largest absolute Gasteiger partial charge is 0.286 e. The first-order valence-electron chi connectivity index (χ1n) is 6.00. The van der Waals surface area contributed by atoms with E-state index in [4.69, 9.17) is 4.55 Å². The first-order chi connectivity index (χ1) is 9.01. The van der Waals surface area contributed by atoms with Crippen molar-refractivity contribution in [2.75, 3.05) is 5.75 Å². The van der Waals surface area contributed by atoms with E-state index in [1.54, 1.807) is 11.3 Å². The van der Waals surface area contributed by atoms with Crippen LogP contribution in [0.3, 0.4) is 0 Å². The molecule has 0 radical (unpaired) electrons. The zero-order chi connectivity index (χ0) is 13.9. The average Bonchev–Trinajstić information content (AvgIpc) is 2.67. The number of hydrogen-bond donors (Lipinski definition) is 1. The predicted molar refractivity (Wildman–Crippen MR) is 77.8 cm³/mol. The van der Waals surface area contributed by atoms with Gasteiger partial charge in [0.2, 0.25) is 5.52 Å². The highest BCUT2D eigenvalue weighted by Gasteiger charge is 2.18. The molecule has 4 nitrogen and oxygen atoms in total. The van der Waals surface area contributed by atoms with Crippen molar-refractivity contribution < 1.29 is 17.5 Å². The summed E-state index contributed by atoms with van der Waals surface area (Å²) in [4.78, 5) is 0. The quantitative estimate of drug-likeness (QED) is 0.681. The van der Waals surface area contributed by atoms with E-state index in [-0.39, 0.29) is 5.75 Å². The van der Waals surface area contributed by atoms with Crippen molar-refractivity contribution in [2.45, 2.75) is 19.9 Å². The van der Waals surface area contributed by atoms with E-state index < -0.39 is 10.1 Å². The van der Waals surface area contributed by atoms with Crippen LogP contribution in [0, 0.1) is 0 Å². The standard InChI is InChI=1S/C13H15NO3S2/c1-2-6-13-14(9-5-10-19(15,16)17)11-7-3-4-8-12(11)18-13/h2-4,6-8H,5,9-10H2,1H3/p+1/b6-2+. The van der Waals surface area contributed by atoms with Gasteiger partial charge >= 0.3 is 0 Å². The Kier molecular flexibility index (Phi) is 4.34. The van der Waals surface area contributed by atoms with Crippen molar-refractivity contribution in [1.29, 1.82) is 0 Å². The van der Waals surface area contributed by atoms with Crippen molar-refractivity contribution in [3.8, 4) is 0 Å². The minimum atomic E-state index is -3.88. The lowest BCUT2D eigenvalue weighted by molar-refractivity contribution is -0.668. The highest BCUT2D eigenvalue weighted by atomic mass is 32.2. The van der Waals surface area contributed by atoms with Gasteiger partial charge in [-0.05, 0) is 13.0 Å². The van der Waals surface area contributed by atoms with Gasteiger partial charge < -0.3 is 0 Å². The maximum Gasteiger partial charge on any atom is 0.265 e. The fourth-order valence-electron chi connectivity index (χ4n) is 1.96. The van der Waals surface area contributed by atoms with E-state index in [1.807, 2.05) is 43.3 Å². The predicted octanol–water partition coefficient (Wildman–Crippen LogP) is 2.50. The topological polar surface area (TPSA) is 58.2 Å². The summed E-state index contributed by atoms with van der Waals surface area (Å²) in [5.41, 5.74) is 1.09. The molecule has 0 unspecified atom stereocenters. The Morgan fingerprint density at radius 3 is 2.79 bits per heavy atom. The smallest absolute Gasteiger partial charge is 0.265 e. The minimum Gasteiger partial charge on any atom is -0.286 e. The molecule has 0 atom stereocenters. The van der Waals surface area contributed by atoms with Gasteiger partial charge in [-0.1, -0.05) is 29.5 Å². The fourth-order valence-corrected chi connectivity index (χ4v) is 3.61. The molecule has 0 amide bonds. The minimum absolute atomic E-state index is 0.209. The maximum atomic E-state index is 10.8. The number of fused-ring (bicyclic) bond motifs is 1.